The molecule has 13 rings (SSSR count). The molecule has 1 spiro atoms. The van der Waals surface area contributed by atoms with Gasteiger partial charge in [-0.2, -0.15) is 0 Å². The molecule has 0 saturated heterocycles. The van der Waals surface area contributed by atoms with Gasteiger partial charge in [0.15, 0.2) is 5.82 Å². The largest absolute Gasteiger partial charge is 0.264 e. The van der Waals surface area contributed by atoms with Crippen molar-refractivity contribution in [3.8, 4) is 89.5 Å². The SMILES string of the molecule is CC1(C)c2ccccc2-c2ccc(-c3ccc(-c4cc(-c5ccc(-c6cccnc6)cc5)nc(-c5ccc6c(c5)C5(c7ccccc7-c7ccccc75)c5ccccc5-6)n4)cc3)cc21. The van der Waals surface area contributed by atoms with E-state index in [9.17, 15) is 0 Å². The van der Waals surface area contributed by atoms with Gasteiger partial charge in [0.05, 0.1) is 16.8 Å². The molecule has 0 fully saturated rings. The fourth-order valence-corrected chi connectivity index (χ4v) is 11.2. The van der Waals surface area contributed by atoms with E-state index in [1.54, 1.807) is 0 Å². The molecule has 3 heteroatoms. The summed E-state index contributed by atoms with van der Waals surface area (Å²) < 4.78 is 0. The molecule has 2 aromatic heterocycles. The lowest BCUT2D eigenvalue weighted by Gasteiger charge is -2.30. The predicted molar refractivity (Wildman–Crippen MR) is 261 cm³/mol. The van der Waals surface area contributed by atoms with E-state index < -0.39 is 5.41 Å². The van der Waals surface area contributed by atoms with Gasteiger partial charge < -0.3 is 0 Å². The van der Waals surface area contributed by atoms with Crippen LogP contribution in [-0.2, 0) is 10.8 Å². The summed E-state index contributed by atoms with van der Waals surface area (Å²) >= 11 is 0. The van der Waals surface area contributed by atoms with Gasteiger partial charge in [-0.05, 0) is 113 Å². The van der Waals surface area contributed by atoms with Gasteiger partial charge in [0.2, 0.25) is 0 Å². The quantitative estimate of drug-likeness (QED) is 0.174. The van der Waals surface area contributed by atoms with E-state index in [-0.39, 0.29) is 5.41 Å². The highest BCUT2D eigenvalue weighted by atomic mass is 14.9. The van der Waals surface area contributed by atoms with Crippen LogP contribution in [0.3, 0.4) is 0 Å². The number of rotatable bonds is 5. The molecule has 3 aliphatic carbocycles. The van der Waals surface area contributed by atoms with Crippen LogP contribution in [0.15, 0.2) is 213 Å². The highest BCUT2D eigenvalue weighted by Gasteiger charge is 2.51. The second-order valence-corrected chi connectivity index (χ2v) is 17.9. The molecule has 3 aliphatic rings. The third kappa shape index (κ3) is 5.25. The molecular formula is C61H41N3. The lowest BCUT2D eigenvalue weighted by molar-refractivity contribution is 0.660. The maximum Gasteiger partial charge on any atom is 0.160 e. The van der Waals surface area contributed by atoms with Crippen molar-refractivity contribution >= 4 is 0 Å². The van der Waals surface area contributed by atoms with Crippen LogP contribution in [0.2, 0.25) is 0 Å². The Bertz CT molecular complexity index is 3450. The zero-order chi connectivity index (χ0) is 42.6. The van der Waals surface area contributed by atoms with Gasteiger partial charge in [-0.1, -0.05) is 190 Å². The van der Waals surface area contributed by atoms with Crippen molar-refractivity contribution in [2.45, 2.75) is 24.7 Å². The van der Waals surface area contributed by atoms with E-state index in [2.05, 4.69) is 213 Å². The Balaban J connectivity index is 0.952. The highest BCUT2D eigenvalue weighted by Crippen LogP contribution is 2.63. The van der Waals surface area contributed by atoms with E-state index >= 15 is 0 Å². The average molecular weight is 816 g/mol. The summed E-state index contributed by atoms with van der Waals surface area (Å²) in [6.45, 7) is 4.68. The number of fused-ring (bicyclic) bond motifs is 13. The first kappa shape index (κ1) is 36.6. The Morgan fingerprint density at radius 3 is 1.28 bits per heavy atom. The Kier molecular flexibility index (Phi) is 7.87. The number of hydrogen-bond acceptors (Lipinski definition) is 3. The molecule has 8 aromatic carbocycles. The van der Waals surface area contributed by atoms with Gasteiger partial charge in [0.1, 0.15) is 0 Å². The third-order valence-corrected chi connectivity index (χ3v) is 14.3. The Hall–Kier alpha value is -8.01. The predicted octanol–water partition coefficient (Wildman–Crippen LogP) is 14.9. The standard InChI is InChI=1S/C61H41N3/c1-60(2)51-17-7-3-13-45(51)49-31-29-42(34-55(49)60)38-21-25-40(26-22-38)57-36-58(41-27-23-39(24-28-41)44-12-11-33-62-37-44)64-59(63-57)43-30-32-50-48-16-6-10-20-54(48)61(56(50)35-43)52-18-8-4-14-46(52)47-15-5-9-19-53(47)61/h3-37H,1-2H3. The van der Waals surface area contributed by atoms with Crippen molar-refractivity contribution in [3.63, 3.8) is 0 Å². The zero-order valence-electron chi connectivity index (χ0n) is 35.5. The molecule has 0 bridgehead atoms. The minimum Gasteiger partial charge on any atom is -0.264 e. The van der Waals surface area contributed by atoms with E-state index in [1.807, 2.05) is 18.5 Å². The molecule has 10 aromatic rings. The van der Waals surface area contributed by atoms with Crippen LogP contribution >= 0.6 is 0 Å². The number of benzene rings is 8. The molecule has 64 heavy (non-hydrogen) atoms. The fourth-order valence-electron chi connectivity index (χ4n) is 11.2. The van der Waals surface area contributed by atoms with Crippen LogP contribution in [-0.4, -0.2) is 15.0 Å². The summed E-state index contributed by atoms with van der Waals surface area (Å²) in [5.41, 5.74) is 24.6. The summed E-state index contributed by atoms with van der Waals surface area (Å²) in [6, 6.07) is 73.3. The fraction of sp³-hybridized carbons (Fsp3) is 0.0656. The monoisotopic (exact) mass is 815 g/mol. The number of pyridine rings is 1. The molecular weight excluding hydrogens is 775 g/mol. The summed E-state index contributed by atoms with van der Waals surface area (Å²) in [5, 5.41) is 0. The van der Waals surface area contributed by atoms with Crippen molar-refractivity contribution in [1.29, 1.82) is 0 Å². The van der Waals surface area contributed by atoms with E-state index in [1.165, 1.54) is 77.9 Å². The zero-order valence-corrected chi connectivity index (χ0v) is 35.5. The minimum atomic E-state index is -0.455. The lowest BCUT2D eigenvalue weighted by Crippen LogP contribution is -2.25. The molecule has 0 unspecified atom stereocenters. The van der Waals surface area contributed by atoms with Crippen molar-refractivity contribution < 1.29 is 0 Å². The van der Waals surface area contributed by atoms with Crippen LogP contribution in [0, 0.1) is 0 Å². The van der Waals surface area contributed by atoms with Crippen LogP contribution in [0.5, 0.6) is 0 Å². The van der Waals surface area contributed by atoms with Gasteiger partial charge in [-0.15, -0.1) is 0 Å². The third-order valence-electron chi connectivity index (χ3n) is 14.3. The van der Waals surface area contributed by atoms with Crippen molar-refractivity contribution in [2.75, 3.05) is 0 Å². The van der Waals surface area contributed by atoms with Gasteiger partial charge in [0.25, 0.3) is 0 Å². The summed E-state index contributed by atoms with van der Waals surface area (Å²) in [5.74, 6) is 0.696. The lowest BCUT2D eigenvalue weighted by atomic mass is 9.70. The average Bonchev–Trinajstić information content (AvgIpc) is 3.92. The van der Waals surface area contributed by atoms with E-state index in [0.717, 1.165) is 39.2 Å². The molecule has 2 heterocycles. The van der Waals surface area contributed by atoms with Gasteiger partial charge >= 0.3 is 0 Å². The topological polar surface area (TPSA) is 38.7 Å². The van der Waals surface area contributed by atoms with E-state index in [0.29, 0.717) is 5.82 Å². The first-order valence-electron chi connectivity index (χ1n) is 22.2. The maximum atomic E-state index is 5.42. The summed E-state index contributed by atoms with van der Waals surface area (Å²) in [7, 11) is 0. The van der Waals surface area contributed by atoms with Crippen molar-refractivity contribution in [2.24, 2.45) is 0 Å². The molecule has 0 radical (unpaired) electrons. The van der Waals surface area contributed by atoms with Crippen LogP contribution in [0.1, 0.15) is 47.2 Å². The van der Waals surface area contributed by atoms with E-state index in [4.69, 9.17) is 9.97 Å². The van der Waals surface area contributed by atoms with Crippen molar-refractivity contribution in [3.05, 3.63) is 246 Å². The first-order chi connectivity index (χ1) is 31.5. The Morgan fingerprint density at radius 1 is 0.312 bits per heavy atom. The van der Waals surface area contributed by atoms with Crippen LogP contribution in [0.4, 0.5) is 0 Å². The molecule has 300 valence electrons. The Morgan fingerprint density at radius 2 is 0.734 bits per heavy atom. The molecule has 0 atom stereocenters. The normalized spacial score (nSPS) is 14.0. The highest BCUT2D eigenvalue weighted by molar-refractivity contribution is 5.96. The number of hydrogen-bond donors (Lipinski definition) is 0. The smallest absolute Gasteiger partial charge is 0.160 e. The maximum absolute atomic E-state index is 5.42. The Labute approximate surface area is 373 Å². The number of nitrogens with zero attached hydrogens (tertiary/aromatic N) is 3. The van der Waals surface area contributed by atoms with Crippen LogP contribution < -0.4 is 0 Å². The number of aromatic nitrogens is 3. The molecule has 0 saturated carbocycles. The van der Waals surface area contributed by atoms with Gasteiger partial charge in [0, 0.05) is 34.5 Å². The van der Waals surface area contributed by atoms with Gasteiger partial charge in [-0.25, -0.2) is 9.97 Å². The summed E-state index contributed by atoms with van der Waals surface area (Å²) in [4.78, 5) is 15.2. The van der Waals surface area contributed by atoms with Gasteiger partial charge in [-0.3, -0.25) is 4.98 Å². The molecule has 0 amide bonds. The first-order valence-corrected chi connectivity index (χ1v) is 22.2. The molecule has 0 N–H and O–H groups in total. The molecule has 0 aliphatic heterocycles. The molecule has 3 nitrogen and oxygen atoms in total. The minimum absolute atomic E-state index is 0.0592. The van der Waals surface area contributed by atoms with Crippen molar-refractivity contribution in [1.82, 2.24) is 15.0 Å². The summed E-state index contributed by atoms with van der Waals surface area (Å²) in [6.07, 6.45) is 3.71. The second-order valence-electron chi connectivity index (χ2n) is 17.9. The van der Waals surface area contributed by atoms with Crippen LogP contribution in [0.25, 0.3) is 89.5 Å². The second kappa shape index (κ2) is 13.7.